The van der Waals surface area contributed by atoms with E-state index in [9.17, 15) is 19.2 Å². The maximum absolute atomic E-state index is 14.4. The van der Waals surface area contributed by atoms with Crippen molar-refractivity contribution in [3.8, 4) is 0 Å². The van der Waals surface area contributed by atoms with E-state index in [0.717, 1.165) is 17.5 Å². The molecule has 9 heteroatoms. The number of alkyl carbamates (subject to hydrolysis) is 1. The van der Waals surface area contributed by atoms with Crippen molar-refractivity contribution in [2.75, 3.05) is 5.32 Å². The van der Waals surface area contributed by atoms with E-state index in [1.54, 1.807) is 26.8 Å². The van der Waals surface area contributed by atoms with Crippen molar-refractivity contribution in [3.63, 3.8) is 0 Å². The van der Waals surface area contributed by atoms with Crippen molar-refractivity contribution in [3.05, 3.63) is 65.2 Å². The summed E-state index contributed by atoms with van der Waals surface area (Å²) in [6, 6.07) is 12.0. The molecule has 0 aliphatic heterocycles. The Labute approximate surface area is 244 Å². The summed E-state index contributed by atoms with van der Waals surface area (Å²) in [5, 5.41) is 5.54. The maximum atomic E-state index is 14.4. The quantitative estimate of drug-likeness (QED) is 0.316. The molecule has 0 aromatic heterocycles. The lowest BCUT2D eigenvalue weighted by Gasteiger charge is -2.39. The van der Waals surface area contributed by atoms with Gasteiger partial charge in [0, 0.05) is 11.7 Å². The summed E-state index contributed by atoms with van der Waals surface area (Å²) < 4.78 is 5.37. The van der Waals surface area contributed by atoms with Crippen LogP contribution in [-0.4, -0.2) is 46.4 Å². The smallest absolute Gasteiger partial charge is 0.408 e. The highest BCUT2D eigenvalue weighted by Crippen LogP contribution is 2.31. The second-order valence-corrected chi connectivity index (χ2v) is 12.0. The standard InChI is InChI=1S/C32H46N4O5/c1-20(2)17-18-23(5)36(30(39)26(19-27(33)37)35-31(40)41-32(6,7)8)28(24-15-11-9-13-21(24)3)29(38)34-25-16-12-10-14-22(25)4/h9-16,20,23,26,28H,17-19H2,1-8H3,(H2,33,37)(H,34,38)(H,35,40). The van der Waals surface area contributed by atoms with Crippen molar-refractivity contribution in [2.24, 2.45) is 11.7 Å². The highest BCUT2D eigenvalue weighted by atomic mass is 16.6. The molecule has 0 spiro atoms. The number of nitrogens with zero attached hydrogens (tertiary/aromatic N) is 1. The van der Waals surface area contributed by atoms with Gasteiger partial charge in [0.25, 0.3) is 5.91 Å². The Kier molecular flexibility index (Phi) is 11.9. The van der Waals surface area contributed by atoms with Crippen LogP contribution in [0, 0.1) is 19.8 Å². The van der Waals surface area contributed by atoms with Crippen LogP contribution in [0.15, 0.2) is 48.5 Å². The molecule has 224 valence electrons. The van der Waals surface area contributed by atoms with Crippen LogP contribution in [0.4, 0.5) is 10.5 Å². The molecule has 0 aliphatic carbocycles. The van der Waals surface area contributed by atoms with Crippen LogP contribution < -0.4 is 16.4 Å². The van der Waals surface area contributed by atoms with Crippen LogP contribution in [0.1, 0.15) is 83.5 Å². The highest BCUT2D eigenvalue weighted by molar-refractivity contribution is 6.00. The molecule has 9 nitrogen and oxygen atoms in total. The second-order valence-electron chi connectivity index (χ2n) is 12.0. The minimum Gasteiger partial charge on any atom is -0.444 e. The van der Waals surface area contributed by atoms with Gasteiger partial charge in [-0.1, -0.05) is 56.3 Å². The number of rotatable bonds is 12. The molecule has 4 amide bonds. The molecular formula is C32H46N4O5. The largest absolute Gasteiger partial charge is 0.444 e. The molecule has 0 aliphatic rings. The van der Waals surface area contributed by atoms with E-state index in [2.05, 4.69) is 24.5 Å². The molecule has 3 atom stereocenters. The molecule has 2 aromatic carbocycles. The van der Waals surface area contributed by atoms with Crippen molar-refractivity contribution < 1.29 is 23.9 Å². The normalized spacial score (nSPS) is 13.6. The molecule has 0 saturated carbocycles. The van der Waals surface area contributed by atoms with Gasteiger partial charge in [-0.15, -0.1) is 0 Å². The van der Waals surface area contributed by atoms with Gasteiger partial charge in [-0.3, -0.25) is 14.4 Å². The number of ether oxygens (including phenoxy) is 1. The van der Waals surface area contributed by atoms with Gasteiger partial charge in [-0.25, -0.2) is 4.79 Å². The van der Waals surface area contributed by atoms with Gasteiger partial charge in [0.05, 0.1) is 6.42 Å². The van der Waals surface area contributed by atoms with E-state index in [0.29, 0.717) is 23.6 Å². The number of para-hydroxylation sites is 1. The van der Waals surface area contributed by atoms with Crippen molar-refractivity contribution in [1.29, 1.82) is 0 Å². The summed E-state index contributed by atoms with van der Waals surface area (Å²) >= 11 is 0. The van der Waals surface area contributed by atoms with Gasteiger partial charge in [-0.05, 0) is 83.1 Å². The van der Waals surface area contributed by atoms with Crippen molar-refractivity contribution >= 4 is 29.5 Å². The lowest BCUT2D eigenvalue weighted by molar-refractivity contribution is -0.144. The number of nitrogens with one attached hydrogen (secondary N) is 2. The zero-order chi connectivity index (χ0) is 30.9. The fraction of sp³-hybridized carbons (Fsp3) is 0.500. The topological polar surface area (TPSA) is 131 Å². The van der Waals surface area contributed by atoms with Gasteiger partial charge in [0.1, 0.15) is 17.7 Å². The van der Waals surface area contributed by atoms with Crippen molar-refractivity contribution in [2.45, 2.75) is 98.4 Å². The minimum absolute atomic E-state index is 0.355. The number of benzene rings is 2. The summed E-state index contributed by atoms with van der Waals surface area (Å²) in [7, 11) is 0. The van der Waals surface area contributed by atoms with Crippen LogP contribution in [0.25, 0.3) is 0 Å². The van der Waals surface area contributed by atoms with Gasteiger partial charge in [0.15, 0.2) is 0 Å². The molecule has 3 unspecified atom stereocenters. The Balaban J connectivity index is 2.66. The van der Waals surface area contributed by atoms with Crippen LogP contribution in [0.2, 0.25) is 0 Å². The monoisotopic (exact) mass is 566 g/mol. The van der Waals surface area contributed by atoms with E-state index in [1.807, 2.05) is 63.2 Å². The van der Waals surface area contributed by atoms with Crippen LogP contribution in [0.3, 0.4) is 0 Å². The predicted molar refractivity (Wildman–Crippen MR) is 161 cm³/mol. The first kappa shape index (κ1) is 33.3. The van der Waals surface area contributed by atoms with Crippen LogP contribution in [0.5, 0.6) is 0 Å². The fourth-order valence-corrected chi connectivity index (χ4v) is 4.57. The van der Waals surface area contributed by atoms with E-state index in [4.69, 9.17) is 10.5 Å². The molecule has 0 saturated heterocycles. The number of hydrogen-bond acceptors (Lipinski definition) is 5. The summed E-state index contributed by atoms with van der Waals surface area (Å²) in [4.78, 5) is 54.8. The number of anilines is 1. The Hall–Kier alpha value is -3.88. The third kappa shape index (κ3) is 10.2. The molecule has 4 N–H and O–H groups in total. The number of nitrogens with two attached hydrogens (primary N) is 1. The first-order chi connectivity index (χ1) is 19.1. The lowest BCUT2D eigenvalue weighted by Crippen LogP contribution is -2.56. The number of hydrogen-bond donors (Lipinski definition) is 3. The number of carbonyl (C=O) groups excluding carboxylic acids is 4. The molecule has 0 radical (unpaired) electrons. The van der Waals surface area contributed by atoms with Gasteiger partial charge in [0.2, 0.25) is 11.8 Å². The number of carbonyl (C=O) groups is 4. The predicted octanol–water partition coefficient (Wildman–Crippen LogP) is 5.41. The highest BCUT2D eigenvalue weighted by Gasteiger charge is 2.40. The average Bonchev–Trinajstić information content (AvgIpc) is 2.85. The summed E-state index contributed by atoms with van der Waals surface area (Å²) in [5.41, 5.74) is 7.64. The van der Waals surface area contributed by atoms with Crippen LogP contribution >= 0.6 is 0 Å². The molecule has 2 rings (SSSR count). The third-order valence-electron chi connectivity index (χ3n) is 6.70. The molecule has 41 heavy (non-hydrogen) atoms. The third-order valence-corrected chi connectivity index (χ3v) is 6.70. The Morgan fingerprint density at radius 3 is 2.02 bits per heavy atom. The Morgan fingerprint density at radius 1 is 0.902 bits per heavy atom. The van der Waals surface area contributed by atoms with E-state index < -0.39 is 54.0 Å². The molecular weight excluding hydrogens is 520 g/mol. The summed E-state index contributed by atoms with van der Waals surface area (Å²) in [6.07, 6.45) is 0.0822. The number of aryl methyl sites for hydroxylation is 2. The average molecular weight is 567 g/mol. The molecule has 0 heterocycles. The van der Waals surface area contributed by atoms with E-state index in [-0.39, 0.29) is 0 Å². The van der Waals surface area contributed by atoms with Gasteiger partial charge < -0.3 is 26.0 Å². The summed E-state index contributed by atoms with van der Waals surface area (Å²) in [5.74, 6) is -1.42. The van der Waals surface area contributed by atoms with E-state index in [1.165, 1.54) is 4.90 Å². The molecule has 0 bridgehead atoms. The fourth-order valence-electron chi connectivity index (χ4n) is 4.57. The molecule has 2 aromatic rings. The Morgan fingerprint density at radius 2 is 1.49 bits per heavy atom. The van der Waals surface area contributed by atoms with Gasteiger partial charge in [-0.2, -0.15) is 0 Å². The second kappa shape index (κ2) is 14.7. The first-order valence-electron chi connectivity index (χ1n) is 14.1. The SMILES string of the molecule is Cc1ccccc1NC(=O)C(c1ccccc1C)N(C(=O)C(CC(N)=O)NC(=O)OC(C)(C)C)C(C)CCC(C)C. The number of primary amides is 1. The number of amides is 4. The van der Waals surface area contributed by atoms with Crippen molar-refractivity contribution in [1.82, 2.24) is 10.2 Å². The van der Waals surface area contributed by atoms with E-state index >= 15 is 0 Å². The lowest BCUT2D eigenvalue weighted by atomic mass is 9.94. The summed E-state index contributed by atoms with van der Waals surface area (Å²) in [6.45, 7) is 14.9. The Bertz CT molecular complexity index is 1220. The van der Waals surface area contributed by atoms with Gasteiger partial charge >= 0.3 is 6.09 Å². The minimum atomic E-state index is -1.33. The van der Waals surface area contributed by atoms with Crippen LogP contribution in [-0.2, 0) is 19.1 Å². The first-order valence-corrected chi connectivity index (χ1v) is 14.1. The maximum Gasteiger partial charge on any atom is 0.408 e. The molecule has 0 fully saturated rings. The zero-order valence-electron chi connectivity index (χ0n) is 25.6. The zero-order valence-corrected chi connectivity index (χ0v) is 25.6.